The standard InChI is InChI=1S/C10H17N7/c1-3-4-17-9(12-7-14-17)5-11-6-10-15-13-8-16(10)2/h7-8,11H,3-6H2,1-2H3. The van der Waals surface area contributed by atoms with Crippen molar-refractivity contribution in [2.24, 2.45) is 7.05 Å². The van der Waals surface area contributed by atoms with Gasteiger partial charge < -0.3 is 9.88 Å². The van der Waals surface area contributed by atoms with Gasteiger partial charge in [0.05, 0.1) is 13.1 Å². The summed E-state index contributed by atoms with van der Waals surface area (Å²) < 4.78 is 3.81. The molecule has 0 fully saturated rings. The number of hydrogen-bond donors (Lipinski definition) is 1. The van der Waals surface area contributed by atoms with Crippen molar-refractivity contribution in [2.45, 2.75) is 33.0 Å². The molecule has 92 valence electrons. The molecule has 0 radical (unpaired) electrons. The average molecular weight is 235 g/mol. The van der Waals surface area contributed by atoms with Gasteiger partial charge in [0.25, 0.3) is 0 Å². The Morgan fingerprint density at radius 1 is 1.29 bits per heavy atom. The van der Waals surface area contributed by atoms with E-state index in [9.17, 15) is 0 Å². The normalized spacial score (nSPS) is 10.9. The third-order valence-corrected chi connectivity index (χ3v) is 2.50. The zero-order chi connectivity index (χ0) is 12.1. The van der Waals surface area contributed by atoms with E-state index in [4.69, 9.17) is 0 Å². The van der Waals surface area contributed by atoms with Crippen LogP contribution in [0.15, 0.2) is 12.7 Å². The molecule has 7 nitrogen and oxygen atoms in total. The highest BCUT2D eigenvalue weighted by atomic mass is 15.3. The van der Waals surface area contributed by atoms with Crippen LogP contribution in [0.4, 0.5) is 0 Å². The lowest BCUT2D eigenvalue weighted by Crippen LogP contribution is -2.19. The molecule has 0 saturated carbocycles. The topological polar surface area (TPSA) is 73.5 Å². The Labute approximate surface area is 99.9 Å². The lowest BCUT2D eigenvalue weighted by molar-refractivity contribution is 0.535. The molecule has 0 unspecified atom stereocenters. The van der Waals surface area contributed by atoms with Crippen LogP contribution in [-0.4, -0.2) is 29.5 Å². The number of aryl methyl sites for hydroxylation is 2. The molecular weight excluding hydrogens is 218 g/mol. The Hall–Kier alpha value is -1.76. The van der Waals surface area contributed by atoms with Crippen molar-refractivity contribution < 1.29 is 0 Å². The fourth-order valence-corrected chi connectivity index (χ4v) is 1.58. The second-order valence-electron chi connectivity index (χ2n) is 3.86. The molecule has 0 bridgehead atoms. The Balaban J connectivity index is 1.86. The summed E-state index contributed by atoms with van der Waals surface area (Å²) in [6.45, 7) is 4.39. The van der Waals surface area contributed by atoms with Crippen LogP contribution in [0.3, 0.4) is 0 Å². The number of rotatable bonds is 6. The van der Waals surface area contributed by atoms with Gasteiger partial charge in [-0.25, -0.2) is 9.67 Å². The molecule has 2 aromatic rings. The highest BCUT2D eigenvalue weighted by molar-refractivity contribution is 4.87. The lowest BCUT2D eigenvalue weighted by atomic mass is 10.4. The monoisotopic (exact) mass is 235 g/mol. The van der Waals surface area contributed by atoms with E-state index >= 15 is 0 Å². The Morgan fingerprint density at radius 2 is 2.12 bits per heavy atom. The molecule has 1 N–H and O–H groups in total. The Bertz CT molecular complexity index is 459. The second kappa shape index (κ2) is 5.53. The second-order valence-corrected chi connectivity index (χ2v) is 3.86. The van der Waals surface area contributed by atoms with Crippen molar-refractivity contribution in [2.75, 3.05) is 0 Å². The van der Waals surface area contributed by atoms with Gasteiger partial charge in [0.1, 0.15) is 24.3 Å². The van der Waals surface area contributed by atoms with E-state index in [1.165, 1.54) is 0 Å². The van der Waals surface area contributed by atoms with Crippen LogP contribution in [0.5, 0.6) is 0 Å². The largest absolute Gasteiger partial charge is 0.320 e. The molecule has 17 heavy (non-hydrogen) atoms. The Morgan fingerprint density at radius 3 is 2.82 bits per heavy atom. The predicted molar refractivity (Wildman–Crippen MR) is 61.9 cm³/mol. The predicted octanol–water partition coefficient (Wildman–Crippen LogP) is 0.106. The van der Waals surface area contributed by atoms with Gasteiger partial charge in [-0.3, -0.25) is 0 Å². The maximum atomic E-state index is 4.22. The molecule has 0 spiro atoms. The van der Waals surface area contributed by atoms with Crippen LogP contribution in [0.1, 0.15) is 25.0 Å². The van der Waals surface area contributed by atoms with Crippen LogP contribution < -0.4 is 5.32 Å². The first-order valence-corrected chi connectivity index (χ1v) is 5.71. The highest BCUT2D eigenvalue weighted by Crippen LogP contribution is 1.97. The van der Waals surface area contributed by atoms with Crippen LogP contribution >= 0.6 is 0 Å². The minimum Gasteiger partial charge on any atom is -0.320 e. The van der Waals surface area contributed by atoms with Crippen molar-refractivity contribution in [3.8, 4) is 0 Å². The SMILES string of the molecule is CCCn1ncnc1CNCc1nncn1C. The summed E-state index contributed by atoms with van der Waals surface area (Å²) in [5.74, 6) is 1.86. The maximum absolute atomic E-state index is 4.22. The van der Waals surface area contributed by atoms with Gasteiger partial charge in [0, 0.05) is 13.6 Å². The van der Waals surface area contributed by atoms with E-state index in [0.717, 1.165) is 24.6 Å². The molecule has 2 aromatic heterocycles. The van der Waals surface area contributed by atoms with Crippen LogP contribution in [0, 0.1) is 0 Å². The van der Waals surface area contributed by atoms with E-state index in [0.29, 0.717) is 13.1 Å². The van der Waals surface area contributed by atoms with Crippen LogP contribution in [0.25, 0.3) is 0 Å². The number of nitrogens with one attached hydrogen (secondary N) is 1. The molecule has 7 heteroatoms. The van der Waals surface area contributed by atoms with Crippen molar-refractivity contribution in [3.63, 3.8) is 0 Å². The first-order chi connectivity index (χ1) is 8.31. The summed E-state index contributed by atoms with van der Waals surface area (Å²) in [6, 6.07) is 0. The summed E-state index contributed by atoms with van der Waals surface area (Å²) in [6.07, 6.45) is 4.34. The number of nitrogens with zero attached hydrogens (tertiary/aromatic N) is 6. The maximum Gasteiger partial charge on any atom is 0.146 e. The summed E-state index contributed by atoms with van der Waals surface area (Å²) in [4.78, 5) is 4.22. The van der Waals surface area contributed by atoms with Crippen molar-refractivity contribution in [1.82, 2.24) is 34.8 Å². The van der Waals surface area contributed by atoms with E-state index in [1.807, 2.05) is 16.3 Å². The smallest absolute Gasteiger partial charge is 0.146 e. The molecule has 0 amide bonds. The minimum atomic E-state index is 0.676. The van der Waals surface area contributed by atoms with Crippen LogP contribution in [0.2, 0.25) is 0 Å². The lowest BCUT2D eigenvalue weighted by Gasteiger charge is -2.05. The molecule has 0 saturated heterocycles. The highest BCUT2D eigenvalue weighted by Gasteiger charge is 2.04. The number of hydrogen-bond acceptors (Lipinski definition) is 5. The van der Waals surface area contributed by atoms with E-state index < -0.39 is 0 Å². The third kappa shape index (κ3) is 2.88. The molecule has 2 heterocycles. The molecule has 0 aliphatic carbocycles. The summed E-state index contributed by atoms with van der Waals surface area (Å²) in [5, 5.41) is 15.3. The molecular formula is C10H17N7. The fraction of sp³-hybridized carbons (Fsp3) is 0.600. The zero-order valence-electron chi connectivity index (χ0n) is 10.2. The van der Waals surface area contributed by atoms with Crippen molar-refractivity contribution in [1.29, 1.82) is 0 Å². The van der Waals surface area contributed by atoms with E-state index in [-0.39, 0.29) is 0 Å². The van der Waals surface area contributed by atoms with E-state index in [2.05, 4.69) is 32.5 Å². The summed E-state index contributed by atoms with van der Waals surface area (Å²) in [5.41, 5.74) is 0. The van der Waals surface area contributed by atoms with Gasteiger partial charge in [-0.1, -0.05) is 6.92 Å². The fourth-order valence-electron chi connectivity index (χ4n) is 1.58. The molecule has 0 aromatic carbocycles. The van der Waals surface area contributed by atoms with Crippen molar-refractivity contribution >= 4 is 0 Å². The van der Waals surface area contributed by atoms with Gasteiger partial charge in [-0.05, 0) is 6.42 Å². The molecule has 0 atom stereocenters. The Kier molecular flexibility index (Phi) is 3.81. The minimum absolute atomic E-state index is 0.676. The third-order valence-electron chi connectivity index (χ3n) is 2.50. The average Bonchev–Trinajstić information content (AvgIpc) is 2.90. The quantitative estimate of drug-likeness (QED) is 0.769. The first-order valence-electron chi connectivity index (χ1n) is 5.71. The molecule has 0 aliphatic heterocycles. The zero-order valence-corrected chi connectivity index (χ0v) is 10.2. The molecule has 2 rings (SSSR count). The molecule has 0 aliphatic rings. The van der Waals surface area contributed by atoms with Gasteiger partial charge in [-0.15, -0.1) is 10.2 Å². The van der Waals surface area contributed by atoms with Crippen LogP contribution in [-0.2, 0) is 26.7 Å². The van der Waals surface area contributed by atoms with E-state index in [1.54, 1.807) is 12.7 Å². The number of aromatic nitrogens is 6. The van der Waals surface area contributed by atoms with Gasteiger partial charge in [0.15, 0.2) is 0 Å². The summed E-state index contributed by atoms with van der Waals surface area (Å²) in [7, 11) is 1.93. The van der Waals surface area contributed by atoms with Gasteiger partial charge in [-0.2, -0.15) is 5.10 Å². The first kappa shape index (κ1) is 11.7. The van der Waals surface area contributed by atoms with Gasteiger partial charge >= 0.3 is 0 Å². The van der Waals surface area contributed by atoms with Gasteiger partial charge in [0.2, 0.25) is 0 Å². The van der Waals surface area contributed by atoms with Crippen molar-refractivity contribution in [3.05, 3.63) is 24.3 Å². The summed E-state index contributed by atoms with van der Waals surface area (Å²) >= 11 is 0.